The van der Waals surface area contributed by atoms with Gasteiger partial charge < -0.3 is 106 Å². The number of rotatable bonds is 42. The van der Waals surface area contributed by atoms with Gasteiger partial charge >= 0.3 is 10.4 Å². The van der Waals surface area contributed by atoms with Crippen LogP contribution in [0.3, 0.4) is 0 Å². The molecule has 0 radical (unpaired) electrons. The third-order valence-corrected chi connectivity index (χ3v) is 23.8. The van der Waals surface area contributed by atoms with Gasteiger partial charge in [0.15, 0.2) is 50.1 Å². The molecule has 37 nitrogen and oxygen atoms in total. The monoisotopic (exact) mass is 1770 g/mol. The summed E-state index contributed by atoms with van der Waals surface area (Å²) in [5.74, 6) is -3.16. The Labute approximate surface area is 724 Å². The third kappa shape index (κ3) is 22.4. The van der Waals surface area contributed by atoms with E-state index in [1.54, 1.807) is 75.8 Å². The van der Waals surface area contributed by atoms with Crippen LogP contribution in [-0.4, -0.2) is 255 Å². The molecule has 0 aliphatic carbocycles. The number of ether oxygens (including phenoxy) is 11. The predicted molar refractivity (Wildman–Crippen MR) is 449 cm³/mol. The largest absolute Gasteiger partial charge is 0.501 e. The summed E-state index contributed by atoms with van der Waals surface area (Å²) >= 11 is 0. The fourth-order valence-corrected chi connectivity index (χ4v) is 16.5. The van der Waals surface area contributed by atoms with Gasteiger partial charge in [-0.05, 0) is 108 Å². The van der Waals surface area contributed by atoms with Gasteiger partial charge in [0.1, 0.15) is 49.1 Å². The Morgan fingerprint density at radius 1 is 0.579 bits per heavy atom. The number of hydrogen-bond acceptors (Lipinski definition) is 31. The number of Topliss-reactive ketones (excluding diaryl/α,β-unsaturated/α-hetero) is 1. The number of benzene rings is 7. The Morgan fingerprint density at radius 2 is 1.16 bits per heavy atom. The molecule has 6 N–H and O–H groups in total. The first-order chi connectivity index (χ1) is 60.9. The number of aromatic nitrogens is 5. The van der Waals surface area contributed by atoms with Crippen molar-refractivity contribution < 1.29 is 122 Å². The Hall–Kier alpha value is -12.1. The van der Waals surface area contributed by atoms with Gasteiger partial charge in [-0.25, -0.2) is 18.1 Å². The molecule has 5 aliphatic heterocycles. The number of nitrogens with zero attached hydrogens (tertiary/aromatic N) is 9. The van der Waals surface area contributed by atoms with Gasteiger partial charge in [-0.15, -0.1) is 13.5 Å². The maximum absolute atomic E-state index is 14.5. The highest BCUT2D eigenvalue weighted by molar-refractivity contribution is 7.91. The van der Waals surface area contributed by atoms with Gasteiger partial charge in [0.25, 0.3) is 23.6 Å². The maximum atomic E-state index is 14.5. The number of aryl methyl sites for hydroxylation is 2. The lowest BCUT2D eigenvalue weighted by Gasteiger charge is -2.39. The number of nitrogens with one attached hydrogen (secondary N) is 2. The number of amides is 4. The van der Waals surface area contributed by atoms with Crippen LogP contribution in [0.4, 0.5) is 11.4 Å². The zero-order chi connectivity index (χ0) is 88.6. The van der Waals surface area contributed by atoms with Gasteiger partial charge in [-0.2, -0.15) is 0 Å². The second-order valence-corrected chi connectivity index (χ2v) is 33.3. The average molecular weight is 1770 g/mol. The predicted octanol–water partition coefficient (Wildman–Crippen LogP) is 5.43. The first-order valence-corrected chi connectivity index (χ1v) is 43.5. The van der Waals surface area contributed by atoms with Gasteiger partial charge in [-0.1, -0.05) is 59.3 Å². The van der Waals surface area contributed by atoms with Crippen LogP contribution in [0.15, 0.2) is 161 Å². The minimum Gasteiger partial charge on any atom is -0.493 e. The van der Waals surface area contributed by atoms with E-state index in [9.17, 15) is 61.2 Å². The SMILES string of the molecule is COc1cc2c(cc1OCc1cc(COc3cc4c(cc3OC)C(=O)N3Cc5ccccc5C[C@H]3C=N4)cc(OS(=O)(=O)Oc3cc(C(=O)NCCOCCOCCOCCn4cc(COCCOCCNC(=O)c5ccc(C(=O)CCS(=O)(=O)c6ccc(C)cc6)cc5)nn4)ccc3OC3O[C@H](CO)[C@H](O)[C@H](O)[C@H]3O)c1)N=CC1Cc3c(ncn3C)CN1C2=O. The van der Waals surface area contributed by atoms with Crippen molar-refractivity contribution in [2.75, 3.05) is 99.1 Å². The molecule has 9 aromatic rings. The molecule has 2 aromatic heterocycles. The molecular weight excluding hydrogens is 1680 g/mol. The highest BCUT2D eigenvalue weighted by Crippen LogP contribution is 2.42. The number of carbonyl (C=O) groups is 5. The topological polar surface area (TPSA) is 458 Å². The number of hydrogen-bond donors (Lipinski definition) is 6. The number of sulfone groups is 1. The molecule has 0 saturated carbocycles. The van der Waals surface area contributed by atoms with Gasteiger partial charge in [0, 0.05) is 86.5 Å². The Morgan fingerprint density at radius 3 is 1.79 bits per heavy atom. The number of methoxy groups -OCH3 is 2. The summed E-state index contributed by atoms with van der Waals surface area (Å²) in [6.45, 7) is 3.72. The molecule has 7 aromatic carbocycles. The Kier molecular flexibility index (Phi) is 29.6. The van der Waals surface area contributed by atoms with E-state index in [2.05, 4.69) is 25.9 Å². The summed E-state index contributed by atoms with van der Waals surface area (Å²) in [6.07, 6.45) is -1.22. The minimum atomic E-state index is -5.33. The molecule has 7 atom stereocenters. The molecule has 14 rings (SSSR count). The van der Waals surface area contributed by atoms with Crippen molar-refractivity contribution >= 4 is 73.5 Å². The standard InChI is InChI=1S/C87H95N11O26S2/c1-53-9-16-65(17-10-53)125(108,109)32-19-72(100)56-11-13-57(14-12-56)83(104)88-20-23-115-30-31-118-51-61-46-96(94-93-61)22-25-116-27-29-117-28-26-114-24-21-89-84(105)59-15-18-73(121-87-82(103)81(102)80(101)79(48-99)122-87)78(37-59)124-126(110,111)123-64-34-54(49-119-76-41-68-66(39-74(76)112-3)85(106)97-45-60-8-6-5-7-58(60)36-62(97)43-90-68)33-55(35-64)50-120-77-42-69-67(40-75(77)113-4)86(107)98-47-70-71(95(2)52-92-70)38-63(98)44-91-69/h5-18,33-35,37,39-44,46,52,62-63,79-82,87,99,101-103H,19-32,36,38,45,47-51H2,1-4H3,(H,88,104)(H,89,105)/t62-,63?,79+,80-,81-,82+,87?/m0/s1. The summed E-state index contributed by atoms with van der Waals surface area (Å²) in [6, 6.07) is 33.6. The van der Waals surface area contributed by atoms with E-state index in [1.165, 1.54) is 74.9 Å². The maximum Gasteiger partial charge on any atom is 0.501 e. The number of aliphatic hydroxyl groups is 4. The molecular formula is C87H95N11O26S2. The first-order valence-electron chi connectivity index (χ1n) is 40.5. The molecule has 666 valence electrons. The van der Waals surface area contributed by atoms with E-state index >= 15 is 0 Å². The van der Waals surface area contributed by atoms with E-state index in [4.69, 9.17) is 70.5 Å². The number of imidazole rings is 1. The minimum absolute atomic E-state index is 0.0189. The first kappa shape index (κ1) is 90.1. The van der Waals surface area contributed by atoms with Crippen LogP contribution in [0.1, 0.15) is 103 Å². The zero-order valence-corrected chi connectivity index (χ0v) is 70.9. The highest BCUT2D eigenvalue weighted by Gasteiger charge is 2.46. The van der Waals surface area contributed by atoms with Crippen LogP contribution in [0.25, 0.3) is 0 Å². The Balaban J connectivity index is 0.553. The fourth-order valence-electron chi connectivity index (χ4n) is 14.5. The van der Waals surface area contributed by atoms with Crippen molar-refractivity contribution in [2.24, 2.45) is 17.0 Å². The van der Waals surface area contributed by atoms with Crippen LogP contribution in [0, 0.1) is 6.92 Å². The van der Waals surface area contributed by atoms with Crippen LogP contribution >= 0.6 is 0 Å². The van der Waals surface area contributed by atoms with Crippen LogP contribution in [0.5, 0.6) is 40.2 Å². The molecule has 5 aliphatic rings. The molecule has 1 fully saturated rings. The van der Waals surface area contributed by atoms with Crippen LogP contribution in [-0.2, 0) is 108 Å². The van der Waals surface area contributed by atoms with Crippen LogP contribution < -0.4 is 42.7 Å². The number of carbonyl (C=O) groups excluding carboxylic acids is 5. The molecule has 4 amide bonds. The lowest BCUT2D eigenvalue weighted by atomic mass is 9.94. The number of aliphatic hydroxyl groups excluding tert-OH is 4. The van der Waals surface area contributed by atoms with Crippen molar-refractivity contribution in [2.45, 2.75) is 113 Å². The quantitative estimate of drug-likeness (QED) is 0.0205. The van der Waals surface area contributed by atoms with Crippen molar-refractivity contribution in [1.82, 2.24) is 45.0 Å². The number of fused-ring (bicyclic) bond motifs is 6. The van der Waals surface area contributed by atoms with E-state index in [0.29, 0.717) is 71.9 Å². The van der Waals surface area contributed by atoms with E-state index in [1.807, 2.05) is 42.8 Å². The highest BCUT2D eigenvalue weighted by atomic mass is 32.3. The molecule has 0 spiro atoms. The van der Waals surface area contributed by atoms with Gasteiger partial charge in [0.2, 0.25) is 6.29 Å². The normalized spacial score (nSPS) is 18.2. The second-order valence-electron chi connectivity index (χ2n) is 30.0. The summed E-state index contributed by atoms with van der Waals surface area (Å²) in [7, 11) is -4.24. The Bertz CT molecular complexity index is 5710. The zero-order valence-electron chi connectivity index (χ0n) is 69.2. The number of ketones is 1. The molecule has 1 saturated heterocycles. The summed E-state index contributed by atoms with van der Waals surface area (Å²) in [5, 5.41) is 56.0. The number of aliphatic imine (C=N–C) groups is 2. The lowest BCUT2D eigenvalue weighted by Crippen LogP contribution is -2.60. The van der Waals surface area contributed by atoms with E-state index < -0.39 is 75.0 Å². The molecule has 2 unspecified atom stereocenters. The van der Waals surface area contributed by atoms with Gasteiger partial charge in [-0.3, -0.25) is 34.0 Å². The average Bonchev–Trinajstić information content (AvgIpc) is 1.60. The van der Waals surface area contributed by atoms with E-state index in [-0.39, 0.29) is 190 Å². The van der Waals surface area contributed by atoms with E-state index in [0.717, 1.165) is 40.2 Å². The van der Waals surface area contributed by atoms with Crippen molar-refractivity contribution in [3.8, 4) is 40.2 Å². The molecule has 126 heavy (non-hydrogen) atoms. The summed E-state index contributed by atoms with van der Waals surface area (Å²) in [5.41, 5.74) is 7.62. The lowest BCUT2D eigenvalue weighted by molar-refractivity contribution is -0.277. The molecule has 7 heterocycles. The van der Waals surface area contributed by atoms with Crippen LogP contribution in [0.2, 0.25) is 0 Å². The molecule has 39 heteroatoms. The van der Waals surface area contributed by atoms with Crippen molar-refractivity contribution in [3.63, 3.8) is 0 Å². The van der Waals surface area contributed by atoms with Crippen molar-refractivity contribution in [1.29, 1.82) is 0 Å². The summed E-state index contributed by atoms with van der Waals surface area (Å²) in [4.78, 5) is 85.5. The third-order valence-electron chi connectivity index (χ3n) is 21.3. The summed E-state index contributed by atoms with van der Waals surface area (Å²) < 4.78 is 134. The smallest absolute Gasteiger partial charge is 0.493 e. The van der Waals surface area contributed by atoms with Crippen molar-refractivity contribution in [3.05, 3.63) is 219 Å². The second kappa shape index (κ2) is 41.3. The van der Waals surface area contributed by atoms with Gasteiger partial charge in [0.05, 0.1) is 163 Å². The fraction of sp³-hybridized carbons (Fsp3) is 0.379. The molecule has 0 bridgehead atoms.